The van der Waals surface area contributed by atoms with Crippen LogP contribution in [0, 0.1) is 4.91 Å². The molecular weight excluding hydrogens is 173 g/mol. The minimum Gasteiger partial charge on any atom is -1.00 e. The van der Waals surface area contributed by atoms with Crippen molar-refractivity contribution in [1.82, 2.24) is 0 Å². The molecule has 0 saturated heterocycles. The fourth-order valence-corrected chi connectivity index (χ4v) is 1.15. The Morgan fingerprint density at radius 1 is 1.15 bits per heavy atom. The maximum absolute atomic E-state index is 9.77. The van der Waals surface area contributed by atoms with Crippen LogP contribution in [0.1, 0.15) is 19.8 Å². The number of rotatable bonds is 5. The summed E-state index contributed by atoms with van der Waals surface area (Å²) in [5, 5.41) is 2.82. The molecule has 0 amide bonds. The third-order valence-corrected chi connectivity index (χ3v) is 1.81. The summed E-state index contributed by atoms with van der Waals surface area (Å²) in [6, 6.07) is 10.3. The molecule has 13 heavy (non-hydrogen) atoms. The van der Waals surface area contributed by atoms with E-state index in [1.54, 1.807) is 0 Å². The van der Waals surface area contributed by atoms with E-state index in [-0.39, 0.29) is 31.0 Å². The summed E-state index contributed by atoms with van der Waals surface area (Å²) in [7, 11) is 0. The molecule has 0 bridgehead atoms. The second-order valence-electron chi connectivity index (χ2n) is 2.80. The van der Waals surface area contributed by atoms with E-state index >= 15 is 0 Å². The van der Waals surface area contributed by atoms with Gasteiger partial charge < -0.3 is 1.43 Å². The zero-order valence-corrected chi connectivity index (χ0v) is 10.1. The summed E-state index contributed by atoms with van der Waals surface area (Å²) in [4.78, 5) is 9.77. The molecule has 2 nitrogen and oxygen atoms in total. The third-order valence-electron chi connectivity index (χ3n) is 1.81. The van der Waals surface area contributed by atoms with Crippen molar-refractivity contribution >= 4 is 0 Å². The van der Waals surface area contributed by atoms with E-state index in [2.05, 4.69) is 17.3 Å². The van der Waals surface area contributed by atoms with Crippen LogP contribution in [0.3, 0.4) is 0 Å². The van der Waals surface area contributed by atoms with Gasteiger partial charge in [-0.1, -0.05) is 35.5 Å². The van der Waals surface area contributed by atoms with E-state index in [0.717, 1.165) is 19.3 Å². The van der Waals surface area contributed by atoms with Crippen molar-refractivity contribution in [3.63, 3.8) is 0 Å². The normalized spacial score (nSPS) is 8.92. The zero-order valence-electron chi connectivity index (χ0n) is 9.07. The maximum atomic E-state index is 9.77. The van der Waals surface area contributed by atoms with Crippen molar-refractivity contribution in [3.05, 3.63) is 40.8 Å². The van der Waals surface area contributed by atoms with Crippen molar-refractivity contribution in [2.75, 3.05) is 6.54 Å². The molecular formula is C10H14NNaO. The number of aryl methyl sites for hydroxylation is 1. The summed E-state index contributed by atoms with van der Waals surface area (Å²) in [6.07, 6.45) is 3.00. The molecule has 0 N–H and O–H groups in total. The molecule has 0 heterocycles. The predicted octanol–water partition coefficient (Wildman–Crippen LogP) is -0.108. The van der Waals surface area contributed by atoms with E-state index in [9.17, 15) is 4.91 Å². The van der Waals surface area contributed by atoms with E-state index in [1.807, 2.05) is 18.2 Å². The van der Waals surface area contributed by atoms with E-state index in [1.165, 1.54) is 5.56 Å². The van der Waals surface area contributed by atoms with Crippen LogP contribution < -0.4 is 29.6 Å². The predicted molar refractivity (Wildman–Crippen MR) is 51.2 cm³/mol. The number of nitrogens with zero attached hydrogens (tertiary/aromatic N) is 1. The summed E-state index contributed by atoms with van der Waals surface area (Å²) in [5.41, 5.74) is 1.34. The summed E-state index contributed by atoms with van der Waals surface area (Å²) in [6.45, 7) is 0.451. The van der Waals surface area contributed by atoms with Gasteiger partial charge in [0.05, 0.1) is 6.54 Å². The first-order chi connectivity index (χ1) is 5.93. The molecule has 1 rings (SSSR count). The van der Waals surface area contributed by atoms with Crippen LogP contribution in [0.2, 0.25) is 0 Å². The van der Waals surface area contributed by atoms with Gasteiger partial charge >= 0.3 is 29.6 Å². The second-order valence-corrected chi connectivity index (χ2v) is 2.80. The largest absolute Gasteiger partial charge is 1.00 e. The van der Waals surface area contributed by atoms with Gasteiger partial charge in [0.2, 0.25) is 0 Å². The van der Waals surface area contributed by atoms with Crippen molar-refractivity contribution in [2.45, 2.75) is 19.3 Å². The molecule has 0 aliphatic rings. The van der Waals surface area contributed by atoms with Crippen molar-refractivity contribution in [1.29, 1.82) is 0 Å². The molecule has 0 aliphatic carbocycles. The van der Waals surface area contributed by atoms with Gasteiger partial charge in [-0.3, -0.25) is 0 Å². The Hall–Kier alpha value is -0.180. The topological polar surface area (TPSA) is 29.4 Å². The van der Waals surface area contributed by atoms with Gasteiger partial charge in [0.25, 0.3) is 0 Å². The van der Waals surface area contributed by atoms with Gasteiger partial charge in [-0.25, -0.2) is 0 Å². The molecule has 0 radical (unpaired) electrons. The van der Waals surface area contributed by atoms with Crippen LogP contribution in [-0.4, -0.2) is 6.54 Å². The zero-order chi connectivity index (χ0) is 8.65. The fourth-order valence-electron chi connectivity index (χ4n) is 1.15. The summed E-state index contributed by atoms with van der Waals surface area (Å²) in [5.74, 6) is 0. The van der Waals surface area contributed by atoms with Gasteiger partial charge in [-0.05, 0) is 24.8 Å². The Labute approximate surface area is 102 Å². The first-order valence-electron chi connectivity index (χ1n) is 4.26. The maximum Gasteiger partial charge on any atom is 1.00 e. The molecule has 1 aromatic carbocycles. The van der Waals surface area contributed by atoms with E-state index in [4.69, 9.17) is 0 Å². The Kier molecular flexibility index (Phi) is 8.30. The summed E-state index contributed by atoms with van der Waals surface area (Å²) < 4.78 is 0. The molecule has 66 valence electrons. The van der Waals surface area contributed by atoms with Crippen LogP contribution in [0.25, 0.3) is 0 Å². The van der Waals surface area contributed by atoms with Crippen LogP contribution in [0.5, 0.6) is 0 Å². The van der Waals surface area contributed by atoms with Crippen LogP contribution in [-0.2, 0) is 6.42 Å². The molecule has 0 unspecified atom stereocenters. The number of nitroso groups, excluding NO2 is 1. The number of unbranched alkanes of at least 4 members (excludes halogenated alkanes) is 1. The van der Waals surface area contributed by atoms with Crippen LogP contribution >= 0.6 is 0 Å². The Bertz CT molecular complexity index is 231. The number of hydrogen-bond acceptors (Lipinski definition) is 2. The van der Waals surface area contributed by atoms with Crippen molar-refractivity contribution < 1.29 is 31.0 Å². The number of hydrogen-bond donors (Lipinski definition) is 0. The first kappa shape index (κ1) is 12.8. The van der Waals surface area contributed by atoms with Crippen LogP contribution in [0.15, 0.2) is 35.5 Å². The molecule has 0 spiro atoms. The minimum absolute atomic E-state index is 0. The standard InChI is InChI=1S/C10H13NO.Na.H/c12-11-9-5-4-8-10-6-2-1-3-7-10;;/h1-3,6-7H,4-5,8-9H2;;/q;+1;-1. The molecule has 3 heteroatoms. The molecule has 0 saturated carbocycles. The summed E-state index contributed by atoms with van der Waals surface area (Å²) >= 11 is 0. The monoisotopic (exact) mass is 187 g/mol. The van der Waals surface area contributed by atoms with Gasteiger partial charge in [0.15, 0.2) is 0 Å². The Morgan fingerprint density at radius 3 is 2.46 bits per heavy atom. The van der Waals surface area contributed by atoms with Gasteiger partial charge in [-0.15, -0.1) is 0 Å². The number of benzene rings is 1. The third kappa shape index (κ3) is 5.97. The molecule has 0 atom stereocenters. The fraction of sp³-hybridized carbons (Fsp3) is 0.400. The second kappa shape index (κ2) is 8.42. The molecule has 0 aliphatic heterocycles. The molecule has 0 fully saturated rings. The van der Waals surface area contributed by atoms with Crippen LogP contribution in [0.4, 0.5) is 0 Å². The first-order valence-corrected chi connectivity index (χ1v) is 4.26. The Balaban J connectivity index is 0. The van der Waals surface area contributed by atoms with Crippen molar-refractivity contribution in [2.24, 2.45) is 5.18 Å². The quantitative estimate of drug-likeness (QED) is 0.359. The smallest absolute Gasteiger partial charge is 1.00 e. The molecule has 1 aromatic rings. The minimum atomic E-state index is 0. The van der Waals surface area contributed by atoms with E-state index < -0.39 is 0 Å². The van der Waals surface area contributed by atoms with Gasteiger partial charge in [-0.2, -0.15) is 4.91 Å². The van der Waals surface area contributed by atoms with Crippen molar-refractivity contribution in [3.8, 4) is 0 Å². The molecule has 0 aromatic heterocycles. The Morgan fingerprint density at radius 2 is 1.85 bits per heavy atom. The van der Waals surface area contributed by atoms with Gasteiger partial charge in [0, 0.05) is 0 Å². The van der Waals surface area contributed by atoms with E-state index in [0.29, 0.717) is 6.54 Å². The average molecular weight is 187 g/mol. The van der Waals surface area contributed by atoms with Gasteiger partial charge in [0.1, 0.15) is 0 Å². The average Bonchev–Trinajstić information content (AvgIpc) is 2.14. The SMILES string of the molecule is O=NCCCCc1ccccc1.[H-].[Na+].